The number of nitrogens with two attached hydrogens (primary N) is 1. The first-order valence-corrected chi connectivity index (χ1v) is 10.8. The summed E-state index contributed by atoms with van der Waals surface area (Å²) >= 11 is 0. The Morgan fingerprint density at radius 1 is 0.966 bits per heavy atom. The molecular formula is C23H38N2O4. The highest BCUT2D eigenvalue weighted by molar-refractivity contribution is 5.67. The lowest BCUT2D eigenvalue weighted by Crippen LogP contribution is -2.31. The Morgan fingerprint density at radius 2 is 1.52 bits per heavy atom. The Balaban J connectivity index is 0.000000331. The van der Waals surface area contributed by atoms with E-state index in [1.807, 2.05) is 0 Å². The van der Waals surface area contributed by atoms with E-state index in [1.54, 1.807) is 0 Å². The Labute approximate surface area is 175 Å². The maximum atomic E-state index is 9.98. The Hall–Kier alpha value is -2.08. The molecule has 1 saturated heterocycles. The third kappa shape index (κ3) is 10.9. The molecule has 0 aliphatic carbocycles. The van der Waals surface area contributed by atoms with E-state index < -0.39 is 11.9 Å². The predicted molar refractivity (Wildman–Crippen MR) is 117 cm³/mol. The molecule has 1 unspecified atom stereocenters. The summed E-state index contributed by atoms with van der Waals surface area (Å²) in [5, 5.41) is 16.4. The van der Waals surface area contributed by atoms with E-state index in [0.29, 0.717) is 25.2 Å². The van der Waals surface area contributed by atoms with Crippen molar-refractivity contribution in [2.45, 2.75) is 77.7 Å². The van der Waals surface area contributed by atoms with Gasteiger partial charge in [0, 0.05) is 37.7 Å². The average molecular weight is 407 g/mol. The molecule has 1 aliphatic rings. The van der Waals surface area contributed by atoms with E-state index in [2.05, 4.69) is 43.0 Å². The number of carbonyl (C=O) groups is 2. The van der Waals surface area contributed by atoms with Crippen molar-refractivity contribution in [2.24, 2.45) is 11.7 Å². The summed E-state index contributed by atoms with van der Waals surface area (Å²) in [5.41, 5.74) is 9.07. The quantitative estimate of drug-likeness (QED) is 0.481. The molecule has 6 nitrogen and oxygen atoms in total. The van der Waals surface area contributed by atoms with Crippen molar-refractivity contribution in [3.63, 3.8) is 0 Å². The molecule has 29 heavy (non-hydrogen) atoms. The number of aliphatic carboxylic acids is 2. The highest BCUT2D eigenvalue weighted by Crippen LogP contribution is 2.30. The van der Waals surface area contributed by atoms with Gasteiger partial charge >= 0.3 is 11.9 Å². The average Bonchev–Trinajstić information content (AvgIpc) is 2.68. The van der Waals surface area contributed by atoms with Gasteiger partial charge in [0.1, 0.15) is 0 Å². The van der Waals surface area contributed by atoms with Gasteiger partial charge in [0.05, 0.1) is 0 Å². The van der Waals surface area contributed by atoms with E-state index in [-0.39, 0.29) is 18.9 Å². The van der Waals surface area contributed by atoms with Crippen LogP contribution in [0, 0.1) is 5.92 Å². The normalized spacial score (nSPS) is 14.8. The second kappa shape index (κ2) is 14.0. The number of hydrogen-bond acceptors (Lipinski definition) is 4. The second-order valence-corrected chi connectivity index (χ2v) is 8.19. The topological polar surface area (TPSA) is 104 Å². The van der Waals surface area contributed by atoms with Gasteiger partial charge in [-0.25, -0.2) is 0 Å². The van der Waals surface area contributed by atoms with E-state index in [1.165, 1.54) is 43.6 Å². The van der Waals surface area contributed by atoms with Gasteiger partial charge in [-0.3, -0.25) is 9.59 Å². The molecule has 1 fully saturated rings. The summed E-state index contributed by atoms with van der Waals surface area (Å²) in [5.74, 6) is -0.991. The first kappa shape index (κ1) is 25.0. The number of hydrogen-bond donors (Lipinski definition) is 3. The summed E-state index contributed by atoms with van der Waals surface area (Å²) < 4.78 is 0. The standard InChI is InChI=1S/C16H26N2.C7H12O4/c1-13(2)12-15(17)14-8-4-5-9-16(14)18-10-6-3-7-11-18;8-6(9)4-2-1-3-5-7(10)11/h4-5,8-9,13,15H,3,6-7,10-12,17H2,1-2H3;1-5H2,(H,8,9)(H,10,11). The molecule has 0 radical (unpaired) electrons. The summed E-state index contributed by atoms with van der Waals surface area (Å²) in [6.07, 6.45) is 7.16. The zero-order chi connectivity index (χ0) is 21.6. The Morgan fingerprint density at radius 3 is 2.03 bits per heavy atom. The summed E-state index contributed by atoms with van der Waals surface area (Å²) in [7, 11) is 0. The number of carboxylic acid groups (broad SMARTS) is 2. The highest BCUT2D eigenvalue weighted by atomic mass is 16.4. The third-order valence-corrected chi connectivity index (χ3v) is 5.04. The second-order valence-electron chi connectivity index (χ2n) is 8.19. The van der Waals surface area contributed by atoms with Gasteiger partial charge in [0.15, 0.2) is 0 Å². The molecule has 1 atom stereocenters. The predicted octanol–water partition coefficient (Wildman–Crippen LogP) is 4.83. The van der Waals surface area contributed by atoms with Crippen molar-refractivity contribution in [3.8, 4) is 0 Å². The van der Waals surface area contributed by atoms with E-state index in [0.717, 1.165) is 6.42 Å². The molecule has 164 valence electrons. The minimum absolute atomic E-state index is 0.139. The summed E-state index contributed by atoms with van der Waals surface area (Å²) in [6, 6.07) is 8.86. The van der Waals surface area contributed by atoms with Crippen LogP contribution in [0.5, 0.6) is 0 Å². The zero-order valence-electron chi connectivity index (χ0n) is 18.0. The van der Waals surface area contributed by atoms with Crippen LogP contribution >= 0.6 is 0 Å². The van der Waals surface area contributed by atoms with Crippen LogP contribution in [0.4, 0.5) is 5.69 Å². The SMILES string of the molecule is CC(C)CC(N)c1ccccc1N1CCCCC1.O=C(O)CCCCCC(=O)O. The van der Waals surface area contributed by atoms with E-state index in [4.69, 9.17) is 15.9 Å². The lowest BCUT2D eigenvalue weighted by molar-refractivity contribution is -0.137. The molecule has 1 aromatic carbocycles. The van der Waals surface area contributed by atoms with Crippen molar-refractivity contribution in [1.29, 1.82) is 0 Å². The highest BCUT2D eigenvalue weighted by Gasteiger charge is 2.18. The molecule has 0 amide bonds. The van der Waals surface area contributed by atoms with Gasteiger partial charge in [-0.1, -0.05) is 38.5 Å². The van der Waals surface area contributed by atoms with E-state index >= 15 is 0 Å². The van der Waals surface area contributed by atoms with Crippen LogP contribution in [0.25, 0.3) is 0 Å². The Bertz CT molecular complexity index is 597. The van der Waals surface area contributed by atoms with Crippen LogP contribution in [-0.2, 0) is 9.59 Å². The number of anilines is 1. The van der Waals surface area contributed by atoms with Crippen molar-refractivity contribution in [1.82, 2.24) is 0 Å². The number of unbranched alkanes of at least 4 members (excludes halogenated alkanes) is 2. The molecule has 0 spiro atoms. The summed E-state index contributed by atoms with van der Waals surface area (Å²) in [4.78, 5) is 22.5. The van der Waals surface area contributed by atoms with Gasteiger partial charge in [-0.05, 0) is 56.1 Å². The molecule has 1 aromatic rings. The van der Waals surface area contributed by atoms with Gasteiger partial charge in [-0.15, -0.1) is 0 Å². The Kier molecular flexibility index (Phi) is 12.0. The number of para-hydroxylation sites is 1. The fourth-order valence-corrected chi connectivity index (χ4v) is 3.59. The minimum Gasteiger partial charge on any atom is -0.481 e. The smallest absolute Gasteiger partial charge is 0.303 e. The molecule has 6 heteroatoms. The van der Waals surface area contributed by atoms with Crippen LogP contribution in [-0.4, -0.2) is 35.2 Å². The molecule has 1 heterocycles. The van der Waals surface area contributed by atoms with Crippen LogP contribution in [0.15, 0.2) is 24.3 Å². The van der Waals surface area contributed by atoms with Crippen LogP contribution in [0.1, 0.15) is 83.2 Å². The molecule has 2 rings (SSSR count). The summed E-state index contributed by atoms with van der Waals surface area (Å²) in [6.45, 7) is 6.85. The lowest BCUT2D eigenvalue weighted by atomic mass is 9.95. The van der Waals surface area contributed by atoms with Gasteiger partial charge < -0.3 is 20.8 Å². The largest absolute Gasteiger partial charge is 0.481 e. The molecular weight excluding hydrogens is 368 g/mol. The third-order valence-electron chi connectivity index (χ3n) is 5.04. The van der Waals surface area contributed by atoms with Crippen molar-refractivity contribution in [2.75, 3.05) is 18.0 Å². The number of rotatable bonds is 10. The van der Waals surface area contributed by atoms with Crippen LogP contribution < -0.4 is 10.6 Å². The molecule has 0 bridgehead atoms. The number of benzene rings is 1. The maximum absolute atomic E-state index is 9.98. The van der Waals surface area contributed by atoms with Crippen molar-refractivity contribution < 1.29 is 19.8 Å². The molecule has 4 N–H and O–H groups in total. The van der Waals surface area contributed by atoms with Crippen LogP contribution in [0.2, 0.25) is 0 Å². The fourth-order valence-electron chi connectivity index (χ4n) is 3.59. The first-order chi connectivity index (χ1) is 13.8. The van der Waals surface area contributed by atoms with Gasteiger partial charge in [0.2, 0.25) is 0 Å². The zero-order valence-corrected chi connectivity index (χ0v) is 18.0. The minimum atomic E-state index is -0.819. The van der Waals surface area contributed by atoms with Crippen LogP contribution in [0.3, 0.4) is 0 Å². The maximum Gasteiger partial charge on any atom is 0.303 e. The number of carboxylic acids is 2. The number of nitrogens with zero attached hydrogens (tertiary/aromatic N) is 1. The molecule has 0 saturated carbocycles. The monoisotopic (exact) mass is 406 g/mol. The lowest BCUT2D eigenvalue weighted by Gasteiger charge is -2.32. The first-order valence-electron chi connectivity index (χ1n) is 10.8. The van der Waals surface area contributed by atoms with Crippen molar-refractivity contribution in [3.05, 3.63) is 29.8 Å². The molecule has 1 aliphatic heterocycles. The van der Waals surface area contributed by atoms with Gasteiger partial charge in [-0.2, -0.15) is 0 Å². The van der Waals surface area contributed by atoms with E-state index in [9.17, 15) is 9.59 Å². The van der Waals surface area contributed by atoms with Gasteiger partial charge in [0.25, 0.3) is 0 Å². The fraction of sp³-hybridized carbons (Fsp3) is 0.652. The molecule has 0 aromatic heterocycles. The number of piperidine rings is 1. The van der Waals surface area contributed by atoms with Crippen molar-refractivity contribution >= 4 is 17.6 Å².